The highest BCUT2D eigenvalue weighted by atomic mass is 32.1. The molecule has 8 heteroatoms. The average Bonchev–Trinajstić information content (AvgIpc) is 3.03. The van der Waals surface area contributed by atoms with Gasteiger partial charge in [0.1, 0.15) is 16.5 Å². The highest BCUT2D eigenvalue weighted by Crippen LogP contribution is 2.31. The minimum atomic E-state index is -0.530. The van der Waals surface area contributed by atoms with Crippen LogP contribution >= 0.6 is 11.3 Å². The second kappa shape index (κ2) is 6.55. The highest BCUT2D eigenvalue weighted by Gasteiger charge is 2.14. The van der Waals surface area contributed by atoms with Gasteiger partial charge in [-0.25, -0.2) is 9.37 Å². The minimum absolute atomic E-state index is 0.0867. The van der Waals surface area contributed by atoms with Gasteiger partial charge in [-0.05, 0) is 36.4 Å². The molecule has 3 rings (SSSR count). The number of rotatable bonds is 4. The van der Waals surface area contributed by atoms with Gasteiger partial charge in [0.15, 0.2) is 0 Å². The molecule has 1 heterocycles. The van der Waals surface area contributed by atoms with E-state index in [1.165, 1.54) is 47.7 Å². The number of thiazole rings is 1. The minimum Gasteiger partial charge on any atom is -0.312 e. The molecule has 0 saturated carbocycles. The largest absolute Gasteiger partial charge is 0.312 e. The number of amides is 1. The normalized spacial score (nSPS) is 10.4. The predicted octanol–water partition coefficient (Wildman–Crippen LogP) is 4.11. The summed E-state index contributed by atoms with van der Waals surface area (Å²) < 4.78 is 13.0. The third kappa shape index (κ3) is 3.28. The fourth-order valence-corrected chi connectivity index (χ4v) is 2.76. The Hall–Kier alpha value is -3.13. The molecule has 2 aromatic carbocycles. The molecule has 1 N–H and O–H groups in total. The van der Waals surface area contributed by atoms with Gasteiger partial charge in [-0.15, -0.1) is 11.3 Å². The van der Waals surface area contributed by atoms with E-state index in [9.17, 15) is 19.3 Å². The van der Waals surface area contributed by atoms with Crippen LogP contribution in [0.4, 0.5) is 15.1 Å². The molecule has 0 fully saturated rings. The van der Waals surface area contributed by atoms with Crippen molar-refractivity contribution in [2.45, 2.75) is 0 Å². The van der Waals surface area contributed by atoms with Gasteiger partial charge in [-0.3, -0.25) is 14.9 Å². The number of hydrogen-bond acceptors (Lipinski definition) is 5. The maximum absolute atomic E-state index is 13.0. The van der Waals surface area contributed by atoms with E-state index in [-0.39, 0.29) is 11.5 Å². The number of hydrogen-bond donors (Lipinski definition) is 1. The van der Waals surface area contributed by atoms with Gasteiger partial charge in [-0.2, -0.15) is 0 Å². The fraction of sp³-hybridized carbons (Fsp3) is 0. The van der Waals surface area contributed by atoms with Crippen molar-refractivity contribution in [3.8, 4) is 11.3 Å². The smallest absolute Gasteiger partial charge is 0.269 e. The summed E-state index contributed by atoms with van der Waals surface area (Å²) in [4.78, 5) is 26.6. The Morgan fingerprint density at radius 1 is 1.12 bits per heavy atom. The Labute approximate surface area is 139 Å². The number of nitrogens with one attached hydrogen (secondary N) is 1. The van der Waals surface area contributed by atoms with E-state index in [0.717, 1.165) is 0 Å². The van der Waals surface area contributed by atoms with Gasteiger partial charge in [0, 0.05) is 23.3 Å². The van der Waals surface area contributed by atoms with Gasteiger partial charge >= 0.3 is 0 Å². The Kier molecular flexibility index (Phi) is 4.30. The summed E-state index contributed by atoms with van der Waals surface area (Å²) >= 11 is 1.23. The zero-order chi connectivity index (χ0) is 17.1. The zero-order valence-electron chi connectivity index (χ0n) is 12.1. The lowest BCUT2D eigenvalue weighted by molar-refractivity contribution is -0.384. The highest BCUT2D eigenvalue weighted by molar-refractivity contribution is 7.14. The third-order valence-corrected chi connectivity index (χ3v) is 3.99. The van der Waals surface area contributed by atoms with Crippen LogP contribution < -0.4 is 5.32 Å². The first-order valence-electron chi connectivity index (χ1n) is 6.80. The molecule has 0 saturated heterocycles. The molecule has 0 radical (unpaired) electrons. The number of carbonyl (C=O) groups excluding carboxylic acids is 1. The van der Waals surface area contributed by atoms with Crippen molar-refractivity contribution in [2.24, 2.45) is 0 Å². The molecule has 0 aliphatic heterocycles. The second-order valence-electron chi connectivity index (χ2n) is 4.80. The number of anilines is 1. The molecular weight excluding hydrogens is 333 g/mol. The van der Waals surface area contributed by atoms with E-state index in [2.05, 4.69) is 10.3 Å². The maximum Gasteiger partial charge on any atom is 0.269 e. The number of nitro groups is 1. The van der Waals surface area contributed by atoms with E-state index in [4.69, 9.17) is 0 Å². The van der Waals surface area contributed by atoms with Crippen LogP contribution in [0.25, 0.3) is 11.3 Å². The van der Waals surface area contributed by atoms with Crippen LogP contribution in [0.5, 0.6) is 0 Å². The Balaban J connectivity index is 1.81. The first-order valence-corrected chi connectivity index (χ1v) is 7.68. The monoisotopic (exact) mass is 343 g/mol. The van der Waals surface area contributed by atoms with Crippen molar-refractivity contribution in [1.82, 2.24) is 4.98 Å². The molecule has 6 nitrogen and oxygen atoms in total. The number of non-ortho nitro benzene ring substituents is 1. The lowest BCUT2D eigenvalue weighted by atomic mass is 10.1. The van der Waals surface area contributed by atoms with E-state index in [0.29, 0.717) is 21.8 Å². The number of halogens is 1. The second-order valence-corrected chi connectivity index (χ2v) is 5.65. The van der Waals surface area contributed by atoms with Gasteiger partial charge in [0.05, 0.1) is 10.4 Å². The Morgan fingerprint density at radius 2 is 1.79 bits per heavy atom. The van der Waals surface area contributed by atoms with Crippen molar-refractivity contribution in [3.05, 3.63) is 75.5 Å². The molecule has 0 spiro atoms. The summed E-state index contributed by atoms with van der Waals surface area (Å²) in [7, 11) is 0. The molecule has 24 heavy (non-hydrogen) atoms. The van der Waals surface area contributed by atoms with Crippen molar-refractivity contribution in [3.63, 3.8) is 0 Å². The molecule has 3 aromatic rings. The molecule has 1 aromatic heterocycles. The molecule has 0 aliphatic carbocycles. The van der Waals surface area contributed by atoms with E-state index in [1.807, 2.05) is 0 Å². The van der Waals surface area contributed by atoms with E-state index >= 15 is 0 Å². The molecule has 0 aliphatic rings. The van der Waals surface area contributed by atoms with E-state index < -0.39 is 10.8 Å². The standard InChI is InChI=1S/C16H10FN3O3S/c17-12-5-1-10(2-6-12)14-16(24-9-18-14)19-15(21)11-3-7-13(8-4-11)20(22)23/h1-9H,(H,19,21). The van der Waals surface area contributed by atoms with Gasteiger partial charge < -0.3 is 5.32 Å². The van der Waals surface area contributed by atoms with Gasteiger partial charge in [-0.1, -0.05) is 0 Å². The lowest BCUT2D eigenvalue weighted by Crippen LogP contribution is -2.11. The third-order valence-electron chi connectivity index (χ3n) is 3.25. The van der Waals surface area contributed by atoms with Crippen LogP contribution in [0, 0.1) is 15.9 Å². The predicted molar refractivity (Wildman–Crippen MR) is 88.6 cm³/mol. The molecule has 0 atom stereocenters. The van der Waals surface area contributed by atoms with Crippen LogP contribution in [0.2, 0.25) is 0 Å². The Bertz CT molecular complexity index is 892. The van der Waals surface area contributed by atoms with Crippen LogP contribution in [-0.2, 0) is 0 Å². The number of aromatic nitrogens is 1. The van der Waals surface area contributed by atoms with Crippen LogP contribution in [0.3, 0.4) is 0 Å². The Morgan fingerprint density at radius 3 is 2.42 bits per heavy atom. The summed E-state index contributed by atoms with van der Waals surface area (Å²) in [5, 5.41) is 13.9. The first kappa shape index (κ1) is 15.8. The average molecular weight is 343 g/mol. The quantitative estimate of drug-likeness (QED) is 0.570. The van der Waals surface area contributed by atoms with Gasteiger partial charge in [0.25, 0.3) is 11.6 Å². The SMILES string of the molecule is O=C(Nc1scnc1-c1ccc(F)cc1)c1ccc([N+](=O)[O-])cc1. The lowest BCUT2D eigenvalue weighted by Gasteiger charge is -2.05. The molecule has 0 bridgehead atoms. The van der Waals surface area contributed by atoms with Gasteiger partial charge in [0.2, 0.25) is 0 Å². The summed E-state index contributed by atoms with van der Waals surface area (Å²) in [5.74, 6) is -0.761. The number of benzene rings is 2. The van der Waals surface area contributed by atoms with Crippen LogP contribution in [-0.4, -0.2) is 15.8 Å². The summed E-state index contributed by atoms with van der Waals surface area (Å²) in [5.41, 5.74) is 2.99. The zero-order valence-corrected chi connectivity index (χ0v) is 12.9. The molecular formula is C16H10FN3O3S. The van der Waals surface area contributed by atoms with Crippen LogP contribution in [0.15, 0.2) is 54.0 Å². The molecule has 0 unspecified atom stereocenters. The summed E-state index contributed by atoms with van der Waals surface area (Å²) in [6.07, 6.45) is 0. The molecule has 120 valence electrons. The molecule has 1 amide bonds. The number of nitro benzene ring substituents is 1. The summed E-state index contributed by atoms with van der Waals surface area (Å²) in [6, 6.07) is 11.1. The first-order chi connectivity index (χ1) is 11.5. The fourth-order valence-electron chi connectivity index (χ4n) is 2.06. The topological polar surface area (TPSA) is 85.1 Å². The van der Waals surface area contributed by atoms with Crippen molar-refractivity contribution >= 4 is 27.9 Å². The van der Waals surface area contributed by atoms with Crippen molar-refractivity contribution < 1.29 is 14.1 Å². The summed E-state index contributed by atoms with van der Waals surface area (Å²) in [6.45, 7) is 0. The number of nitrogens with zero attached hydrogens (tertiary/aromatic N) is 2. The van der Waals surface area contributed by atoms with Crippen molar-refractivity contribution in [2.75, 3.05) is 5.32 Å². The van der Waals surface area contributed by atoms with Crippen LogP contribution in [0.1, 0.15) is 10.4 Å². The van der Waals surface area contributed by atoms with Crippen molar-refractivity contribution in [1.29, 1.82) is 0 Å². The maximum atomic E-state index is 13.0. The number of carbonyl (C=O) groups is 1. The van der Waals surface area contributed by atoms with E-state index in [1.54, 1.807) is 17.6 Å².